The van der Waals surface area contributed by atoms with Gasteiger partial charge in [-0.2, -0.15) is 5.06 Å². The molecule has 0 saturated carbocycles. The van der Waals surface area contributed by atoms with Crippen LogP contribution in [0.4, 0.5) is 0 Å². The highest BCUT2D eigenvalue weighted by atomic mass is 35.5. The Morgan fingerprint density at radius 3 is 2.00 bits per heavy atom. The molecule has 3 nitrogen and oxygen atoms in total. The summed E-state index contributed by atoms with van der Waals surface area (Å²) in [5.74, 6) is 0. The number of rotatable bonds is 9. The number of nitrogens with zero attached hydrogens (tertiary/aromatic N) is 1. The second-order valence-corrected chi connectivity index (χ2v) is 16.3. The van der Waals surface area contributed by atoms with Crippen LogP contribution in [0.5, 0.6) is 0 Å². The van der Waals surface area contributed by atoms with E-state index in [1.807, 2.05) is 0 Å². The van der Waals surface area contributed by atoms with Crippen molar-refractivity contribution in [3.63, 3.8) is 0 Å². The van der Waals surface area contributed by atoms with Gasteiger partial charge in [-0.15, -0.1) is 12.4 Å². The molecule has 0 bridgehead atoms. The summed E-state index contributed by atoms with van der Waals surface area (Å²) in [7, 11) is -2.46. The molecule has 5 heteroatoms. The van der Waals surface area contributed by atoms with E-state index in [2.05, 4.69) is 117 Å². The minimum atomic E-state index is -2.46. The van der Waals surface area contributed by atoms with Gasteiger partial charge in [-0.05, 0) is 53.1 Å². The predicted octanol–water partition coefficient (Wildman–Crippen LogP) is 7.46. The van der Waals surface area contributed by atoms with Crippen molar-refractivity contribution >= 4 is 31.1 Å². The fourth-order valence-corrected chi connectivity index (χ4v) is 11.3. The monoisotopic (exact) mass is 549 g/mol. The topological polar surface area (TPSA) is 21.7 Å². The van der Waals surface area contributed by atoms with Gasteiger partial charge in [0.15, 0.2) is 0 Å². The molecular formula is C33H44ClNO2Si. The van der Waals surface area contributed by atoms with Crippen LogP contribution in [0.2, 0.25) is 5.04 Å². The van der Waals surface area contributed by atoms with E-state index in [1.54, 1.807) is 0 Å². The molecule has 5 rings (SSSR count). The van der Waals surface area contributed by atoms with Gasteiger partial charge in [0, 0.05) is 25.1 Å². The average Bonchev–Trinajstić information content (AvgIpc) is 3.31. The van der Waals surface area contributed by atoms with Crippen LogP contribution in [0.3, 0.4) is 0 Å². The lowest BCUT2D eigenvalue weighted by Crippen LogP contribution is -2.66. The normalized spacial score (nSPS) is 22.0. The van der Waals surface area contributed by atoms with Crippen LogP contribution in [0.25, 0.3) is 0 Å². The van der Waals surface area contributed by atoms with Crippen LogP contribution in [-0.2, 0) is 9.26 Å². The minimum absolute atomic E-state index is 0. The molecule has 3 aromatic rings. The molecule has 0 amide bonds. The Labute approximate surface area is 237 Å². The third-order valence-electron chi connectivity index (χ3n) is 8.55. The maximum atomic E-state index is 7.15. The molecule has 0 aromatic heterocycles. The number of hydrogen-bond donors (Lipinski definition) is 0. The molecular weight excluding hydrogens is 506 g/mol. The molecule has 38 heavy (non-hydrogen) atoms. The Balaban J connectivity index is 0.00000336. The van der Waals surface area contributed by atoms with Crippen LogP contribution in [0, 0.1) is 0 Å². The Morgan fingerprint density at radius 2 is 1.42 bits per heavy atom. The number of hydrogen-bond acceptors (Lipinski definition) is 3. The Hall–Kier alpha value is -1.95. The van der Waals surface area contributed by atoms with Crippen LogP contribution < -0.4 is 10.4 Å². The standard InChI is InChI=1S/C33H43NO2Si.ClH/c1-32(2,3)37(29-19-9-5-10-20-29,30-21-11-6-12-22-30)35-26-16-14-24-33-23-13-15-25-34(33)36-31(27-33)28-17-7-4-8-18-28;/h4-12,17-22,31H,13-16,23-27H2,1-3H3;1H/t31-,33-;/m1./s1. The van der Waals surface area contributed by atoms with Crippen LogP contribution in [0.15, 0.2) is 91.0 Å². The lowest BCUT2D eigenvalue weighted by molar-refractivity contribution is -0.202. The second kappa shape index (κ2) is 12.5. The van der Waals surface area contributed by atoms with E-state index in [0.29, 0.717) is 0 Å². The molecule has 2 fully saturated rings. The maximum Gasteiger partial charge on any atom is 0.261 e. The van der Waals surface area contributed by atoms with Crippen LogP contribution in [-0.4, -0.2) is 32.1 Å². The third-order valence-corrected chi connectivity index (χ3v) is 13.6. The summed E-state index contributed by atoms with van der Waals surface area (Å²) in [6.07, 6.45) is 8.50. The zero-order chi connectivity index (χ0) is 25.8. The molecule has 2 saturated heterocycles. The van der Waals surface area contributed by atoms with E-state index in [-0.39, 0.29) is 29.1 Å². The fraction of sp³-hybridized carbons (Fsp3) is 0.455. The summed E-state index contributed by atoms with van der Waals surface area (Å²) in [4.78, 5) is 6.54. The molecule has 2 aliphatic rings. The molecule has 2 heterocycles. The van der Waals surface area contributed by atoms with Gasteiger partial charge < -0.3 is 4.43 Å². The van der Waals surface area contributed by atoms with Crippen molar-refractivity contribution in [3.05, 3.63) is 96.6 Å². The van der Waals surface area contributed by atoms with Crippen molar-refractivity contribution in [2.45, 2.75) is 82.4 Å². The predicted molar refractivity (Wildman–Crippen MR) is 163 cm³/mol. The van der Waals surface area contributed by atoms with E-state index < -0.39 is 8.32 Å². The summed E-state index contributed by atoms with van der Waals surface area (Å²) < 4.78 is 7.15. The largest absolute Gasteiger partial charge is 0.407 e. The van der Waals surface area contributed by atoms with Gasteiger partial charge in [0.2, 0.25) is 0 Å². The molecule has 0 N–H and O–H groups in total. The zero-order valence-corrected chi connectivity index (χ0v) is 25.1. The quantitative estimate of drug-likeness (QED) is 0.204. The Bertz CT molecular complexity index is 1080. The first kappa shape index (κ1) is 29.0. The molecule has 0 spiro atoms. The number of fused-ring (bicyclic) bond motifs is 1. The van der Waals surface area contributed by atoms with Gasteiger partial charge in [0.05, 0.1) is 0 Å². The number of halogens is 1. The van der Waals surface area contributed by atoms with Gasteiger partial charge in [-0.1, -0.05) is 118 Å². The van der Waals surface area contributed by atoms with E-state index in [4.69, 9.17) is 9.26 Å². The lowest BCUT2D eigenvalue weighted by Gasteiger charge is -2.43. The molecule has 2 aliphatic heterocycles. The highest BCUT2D eigenvalue weighted by Crippen LogP contribution is 2.48. The van der Waals surface area contributed by atoms with Crippen LogP contribution >= 0.6 is 12.4 Å². The molecule has 204 valence electrons. The first-order valence-corrected chi connectivity index (χ1v) is 16.1. The van der Waals surface area contributed by atoms with Crippen molar-refractivity contribution in [1.29, 1.82) is 0 Å². The number of hydroxylamine groups is 2. The van der Waals surface area contributed by atoms with Gasteiger partial charge in [-0.25, -0.2) is 0 Å². The summed E-state index contributed by atoms with van der Waals surface area (Å²) in [6.45, 7) is 8.93. The summed E-state index contributed by atoms with van der Waals surface area (Å²) in [6, 6.07) is 32.8. The van der Waals surface area contributed by atoms with Gasteiger partial charge in [-0.3, -0.25) is 4.84 Å². The fourth-order valence-electron chi connectivity index (χ4n) is 6.72. The molecule has 0 aliphatic carbocycles. The van der Waals surface area contributed by atoms with Crippen LogP contribution in [0.1, 0.15) is 77.4 Å². The number of benzene rings is 3. The van der Waals surface area contributed by atoms with E-state index >= 15 is 0 Å². The molecule has 0 unspecified atom stereocenters. The van der Waals surface area contributed by atoms with Crippen molar-refractivity contribution < 1.29 is 9.26 Å². The summed E-state index contributed by atoms with van der Waals surface area (Å²) in [5.41, 5.74) is 1.49. The highest BCUT2D eigenvalue weighted by molar-refractivity contribution is 6.99. The SMILES string of the molecule is CC(C)(C)[Si](OCCCC[C@@]12CCCCN1O[C@@H](c1ccccc1)C2)(c1ccccc1)c1ccccc1.Cl. The molecule has 0 radical (unpaired) electrons. The number of unbranched alkanes of at least 4 members (excludes halogenated alkanes) is 1. The minimum Gasteiger partial charge on any atom is -0.407 e. The smallest absolute Gasteiger partial charge is 0.261 e. The van der Waals surface area contributed by atoms with Crippen molar-refractivity contribution in [3.8, 4) is 0 Å². The van der Waals surface area contributed by atoms with Gasteiger partial charge in [0.1, 0.15) is 6.10 Å². The van der Waals surface area contributed by atoms with E-state index in [9.17, 15) is 0 Å². The van der Waals surface area contributed by atoms with Crippen molar-refractivity contribution in [1.82, 2.24) is 5.06 Å². The van der Waals surface area contributed by atoms with E-state index in [1.165, 1.54) is 48.0 Å². The second-order valence-electron chi connectivity index (χ2n) is 12.0. The Kier molecular flexibility index (Phi) is 9.54. The molecule has 3 aromatic carbocycles. The summed E-state index contributed by atoms with van der Waals surface area (Å²) in [5, 5.41) is 5.11. The maximum absolute atomic E-state index is 7.15. The Morgan fingerprint density at radius 1 is 0.842 bits per heavy atom. The third kappa shape index (κ3) is 5.80. The zero-order valence-electron chi connectivity index (χ0n) is 23.3. The number of piperidine rings is 1. The average molecular weight is 550 g/mol. The van der Waals surface area contributed by atoms with Crippen molar-refractivity contribution in [2.75, 3.05) is 13.2 Å². The summed E-state index contributed by atoms with van der Waals surface area (Å²) >= 11 is 0. The first-order valence-electron chi connectivity index (χ1n) is 14.2. The lowest BCUT2D eigenvalue weighted by atomic mass is 9.80. The highest BCUT2D eigenvalue weighted by Gasteiger charge is 2.50. The van der Waals surface area contributed by atoms with E-state index in [0.717, 1.165) is 26.0 Å². The van der Waals surface area contributed by atoms with Gasteiger partial charge in [0.25, 0.3) is 8.32 Å². The molecule has 2 atom stereocenters. The van der Waals surface area contributed by atoms with Crippen molar-refractivity contribution in [2.24, 2.45) is 0 Å². The first-order chi connectivity index (χ1) is 17.9. The van der Waals surface area contributed by atoms with Gasteiger partial charge >= 0.3 is 0 Å².